The summed E-state index contributed by atoms with van der Waals surface area (Å²) >= 11 is 5.57. The van der Waals surface area contributed by atoms with Gasteiger partial charge in [-0.3, -0.25) is 28.7 Å². The van der Waals surface area contributed by atoms with Crippen LogP contribution in [0, 0.1) is 0 Å². The number of amides is 5. The number of allylic oxidation sites excluding steroid dienone is 5. The molecule has 0 aliphatic carbocycles. The van der Waals surface area contributed by atoms with Crippen LogP contribution >= 0.6 is 11.6 Å². The Hall–Kier alpha value is -3.48. The molecule has 1 fully saturated rings. The SMILES string of the molecule is CCCCN1C(=O)C(=C/C=C/C=C2/N(CCCNC(=O)CCl)c3ccc(S(=O)(=O)O)cc3C2(C)C)C(=O)N(CCCC)C1=O. The van der Waals surface area contributed by atoms with Crippen LogP contribution in [0.25, 0.3) is 0 Å². The molecule has 0 unspecified atom stereocenters. The second-order valence-electron chi connectivity index (χ2n) is 11.2. The van der Waals surface area contributed by atoms with Gasteiger partial charge in [0.05, 0.1) is 4.90 Å². The zero-order valence-electron chi connectivity index (χ0n) is 25.6. The predicted octanol–water partition coefficient (Wildman–Crippen LogP) is 4.53. The van der Waals surface area contributed by atoms with E-state index in [4.69, 9.17) is 11.6 Å². The number of carbonyl (C=O) groups excluding carboxylic acids is 4. The normalized spacial score (nSPS) is 17.7. The summed E-state index contributed by atoms with van der Waals surface area (Å²) < 4.78 is 33.4. The second kappa shape index (κ2) is 15.0. The van der Waals surface area contributed by atoms with Gasteiger partial charge in [-0.25, -0.2) is 4.79 Å². The lowest BCUT2D eigenvalue weighted by Crippen LogP contribution is -2.56. The molecule has 0 aromatic heterocycles. The number of nitrogens with zero attached hydrogens (tertiary/aromatic N) is 3. The molecular weight excluding hydrogens is 608 g/mol. The molecule has 0 atom stereocenters. The summed E-state index contributed by atoms with van der Waals surface area (Å²) in [7, 11) is -4.43. The van der Waals surface area contributed by atoms with Crippen molar-refractivity contribution in [1.82, 2.24) is 15.1 Å². The van der Waals surface area contributed by atoms with Crippen molar-refractivity contribution in [3.63, 3.8) is 0 Å². The molecule has 5 amide bonds. The molecule has 0 saturated carbocycles. The first-order chi connectivity index (χ1) is 20.8. The number of carbonyl (C=O) groups is 4. The predicted molar refractivity (Wildman–Crippen MR) is 169 cm³/mol. The average Bonchev–Trinajstić information content (AvgIpc) is 3.19. The van der Waals surface area contributed by atoms with Gasteiger partial charge >= 0.3 is 6.03 Å². The van der Waals surface area contributed by atoms with Crippen molar-refractivity contribution in [2.24, 2.45) is 0 Å². The molecule has 3 rings (SSSR count). The number of halogens is 1. The number of alkyl halides is 1. The van der Waals surface area contributed by atoms with Gasteiger partial charge in [0.1, 0.15) is 11.5 Å². The second-order valence-corrected chi connectivity index (χ2v) is 12.9. The third-order valence-electron chi connectivity index (χ3n) is 7.67. The van der Waals surface area contributed by atoms with Crippen LogP contribution in [0.15, 0.2) is 58.7 Å². The minimum atomic E-state index is -4.43. The van der Waals surface area contributed by atoms with Crippen LogP contribution in [-0.4, -0.2) is 78.6 Å². The molecule has 13 heteroatoms. The van der Waals surface area contributed by atoms with E-state index in [1.54, 1.807) is 18.2 Å². The van der Waals surface area contributed by atoms with Gasteiger partial charge in [-0.05, 0) is 55.2 Å². The van der Waals surface area contributed by atoms with Gasteiger partial charge in [-0.15, -0.1) is 11.6 Å². The highest BCUT2D eigenvalue weighted by molar-refractivity contribution is 7.85. The molecule has 240 valence electrons. The molecule has 2 aliphatic heterocycles. The molecule has 11 nitrogen and oxygen atoms in total. The van der Waals surface area contributed by atoms with E-state index >= 15 is 0 Å². The smallest absolute Gasteiger partial charge is 0.333 e. The molecule has 1 aromatic rings. The summed E-state index contributed by atoms with van der Waals surface area (Å²) in [6, 6.07) is 3.84. The van der Waals surface area contributed by atoms with E-state index in [0.717, 1.165) is 34.0 Å². The van der Waals surface area contributed by atoms with Gasteiger partial charge in [-0.1, -0.05) is 52.7 Å². The zero-order chi connectivity index (χ0) is 32.7. The van der Waals surface area contributed by atoms with Crippen molar-refractivity contribution in [2.45, 2.75) is 70.1 Å². The Balaban J connectivity index is 1.97. The van der Waals surface area contributed by atoms with E-state index in [1.165, 1.54) is 18.2 Å². The molecule has 0 radical (unpaired) electrons. The van der Waals surface area contributed by atoms with E-state index in [2.05, 4.69) is 5.32 Å². The van der Waals surface area contributed by atoms with Crippen LogP contribution in [0.2, 0.25) is 0 Å². The summed E-state index contributed by atoms with van der Waals surface area (Å²) in [6.45, 7) is 9.06. The summed E-state index contributed by atoms with van der Waals surface area (Å²) in [5.74, 6) is -1.67. The van der Waals surface area contributed by atoms with Gasteiger partial charge in [0.15, 0.2) is 0 Å². The van der Waals surface area contributed by atoms with E-state index in [9.17, 15) is 32.1 Å². The highest BCUT2D eigenvalue weighted by Crippen LogP contribution is 2.48. The van der Waals surface area contributed by atoms with Crippen LogP contribution in [-0.2, 0) is 29.9 Å². The van der Waals surface area contributed by atoms with Gasteiger partial charge < -0.3 is 10.2 Å². The van der Waals surface area contributed by atoms with Gasteiger partial charge in [0, 0.05) is 43.0 Å². The van der Waals surface area contributed by atoms with Crippen molar-refractivity contribution >= 4 is 51.2 Å². The van der Waals surface area contributed by atoms with Crippen molar-refractivity contribution in [3.05, 3.63) is 59.3 Å². The van der Waals surface area contributed by atoms with Crippen molar-refractivity contribution in [2.75, 3.05) is 37.0 Å². The molecule has 44 heavy (non-hydrogen) atoms. The quantitative estimate of drug-likeness (QED) is 0.0984. The maximum atomic E-state index is 13.2. The van der Waals surface area contributed by atoms with Crippen LogP contribution in [0.3, 0.4) is 0 Å². The third-order valence-corrected chi connectivity index (χ3v) is 8.77. The van der Waals surface area contributed by atoms with E-state index < -0.39 is 33.4 Å². The largest absolute Gasteiger partial charge is 0.355 e. The first-order valence-electron chi connectivity index (χ1n) is 14.8. The van der Waals surface area contributed by atoms with Gasteiger partial charge in [0.2, 0.25) is 5.91 Å². The van der Waals surface area contributed by atoms with Crippen molar-refractivity contribution in [1.29, 1.82) is 0 Å². The van der Waals surface area contributed by atoms with Crippen LogP contribution in [0.5, 0.6) is 0 Å². The van der Waals surface area contributed by atoms with E-state index in [0.29, 0.717) is 37.9 Å². The Labute approximate surface area is 264 Å². The van der Waals surface area contributed by atoms with E-state index in [1.807, 2.05) is 38.7 Å². The van der Waals surface area contributed by atoms with Crippen molar-refractivity contribution in [3.8, 4) is 0 Å². The Morgan fingerprint density at radius 2 is 1.50 bits per heavy atom. The molecule has 2 N–H and O–H groups in total. The number of hydrogen-bond acceptors (Lipinski definition) is 7. The number of imide groups is 2. The number of urea groups is 1. The molecule has 0 bridgehead atoms. The number of anilines is 1. The highest BCUT2D eigenvalue weighted by Gasteiger charge is 2.42. The highest BCUT2D eigenvalue weighted by atomic mass is 35.5. The summed E-state index contributed by atoms with van der Waals surface area (Å²) in [5, 5.41) is 2.73. The number of hydrogen-bond donors (Lipinski definition) is 2. The lowest BCUT2D eigenvalue weighted by atomic mass is 9.83. The average molecular weight is 649 g/mol. The fraction of sp³-hybridized carbons (Fsp3) is 0.484. The minimum Gasteiger partial charge on any atom is -0.355 e. The number of nitrogens with one attached hydrogen (secondary N) is 1. The molecule has 0 spiro atoms. The maximum Gasteiger partial charge on any atom is 0.333 e. The van der Waals surface area contributed by atoms with Gasteiger partial charge in [0.25, 0.3) is 21.9 Å². The fourth-order valence-corrected chi connectivity index (χ4v) is 5.84. The Kier molecular flexibility index (Phi) is 11.9. The lowest BCUT2D eigenvalue weighted by molar-refractivity contribution is -0.136. The van der Waals surface area contributed by atoms with Crippen LogP contribution < -0.4 is 10.2 Å². The zero-order valence-corrected chi connectivity index (χ0v) is 27.2. The van der Waals surface area contributed by atoms with Gasteiger partial charge in [-0.2, -0.15) is 8.42 Å². The summed E-state index contributed by atoms with van der Waals surface area (Å²) in [6.07, 6.45) is 9.88. The standard InChI is InChI=1S/C31H41ClN4O7S/c1-5-7-17-35-28(38)23(29(39)36(30(35)40)18-8-6-2)12-9-10-13-26-31(3,4)24-20-22(44(41,42)43)14-15-25(24)34(26)19-11-16-33-27(37)21-32/h9-10,12-15,20H,5-8,11,16-19,21H2,1-4H3,(H,33,37)(H,41,42,43)/b10-9+,26-13+. The fourth-order valence-electron chi connectivity index (χ4n) is 5.24. The molecule has 1 aromatic carbocycles. The monoisotopic (exact) mass is 648 g/mol. The Morgan fingerprint density at radius 1 is 0.932 bits per heavy atom. The van der Waals surface area contributed by atoms with Crippen LogP contribution in [0.4, 0.5) is 10.5 Å². The molecule has 2 aliphatic rings. The number of unbranched alkanes of at least 4 members (excludes halogenated alkanes) is 2. The summed E-state index contributed by atoms with van der Waals surface area (Å²) in [4.78, 5) is 54.9. The molecule has 1 saturated heterocycles. The number of rotatable bonds is 14. The lowest BCUT2D eigenvalue weighted by Gasteiger charge is -2.33. The molecular formula is C31H41ClN4O7S. The topological polar surface area (TPSA) is 144 Å². The first kappa shape index (κ1) is 35.0. The Bertz CT molecular complexity index is 1450. The van der Waals surface area contributed by atoms with Crippen LogP contribution in [0.1, 0.15) is 65.4 Å². The van der Waals surface area contributed by atoms with E-state index in [-0.39, 0.29) is 35.3 Å². The first-order valence-corrected chi connectivity index (χ1v) is 16.8. The summed E-state index contributed by atoms with van der Waals surface area (Å²) in [5.41, 5.74) is 1.45. The Morgan fingerprint density at radius 3 is 2.05 bits per heavy atom. The third kappa shape index (κ3) is 7.77. The number of benzene rings is 1. The minimum absolute atomic E-state index is 0.0925. The van der Waals surface area contributed by atoms with Crippen molar-refractivity contribution < 1.29 is 32.1 Å². The maximum absolute atomic E-state index is 13.2. The number of barbiturate groups is 1. The molecule has 2 heterocycles. The number of fused-ring (bicyclic) bond motifs is 1.